The first kappa shape index (κ1) is 14.9. The van der Waals surface area contributed by atoms with E-state index in [1.54, 1.807) is 0 Å². The molecule has 1 atom stereocenters. The normalized spacial score (nSPS) is 20.1. The molecule has 0 aromatic rings. The second-order valence-electron chi connectivity index (χ2n) is 5.40. The summed E-state index contributed by atoms with van der Waals surface area (Å²) < 4.78 is 5.60. The van der Waals surface area contributed by atoms with Crippen LogP contribution in [0.5, 0.6) is 0 Å². The fourth-order valence-electron chi connectivity index (χ4n) is 2.98. The van der Waals surface area contributed by atoms with Crippen LogP contribution < -0.4 is 0 Å². The Balaban J connectivity index is 2.67. The maximum atomic E-state index is 10.5. The summed E-state index contributed by atoms with van der Waals surface area (Å²) >= 11 is 0. The molecule has 102 valence electrons. The molecule has 0 aromatic carbocycles. The second-order valence-corrected chi connectivity index (χ2v) is 5.40. The summed E-state index contributed by atoms with van der Waals surface area (Å²) in [5.74, 6) is 0. The van der Waals surface area contributed by atoms with Crippen molar-refractivity contribution in [2.45, 2.75) is 71.1 Å². The van der Waals surface area contributed by atoms with Crippen molar-refractivity contribution in [2.75, 3.05) is 19.7 Å². The van der Waals surface area contributed by atoms with E-state index in [9.17, 15) is 5.11 Å². The van der Waals surface area contributed by atoms with Crippen LogP contribution in [0.25, 0.3) is 0 Å². The van der Waals surface area contributed by atoms with Crippen LogP contribution in [0.3, 0.4) is 0 Å². The van der Waals surface area contributed by atoms with Gasteiger partial charge in [-0.3, -0.25) is 4.90 Å². The fourth-order valence-corrected chi connectivity index (χ4v) is 2.98. The minimum Gasteiger partial charge on any atom is -0.389 e. The average molecular weight is 243 g/mol. The van der Waals surface area contributed by atoms with Gasteiger partial charge in [0.2, 0.25) is 0 Å². The zero-order valence-electron chi connectivity index (χ0n) is 11.9. The third-order valence-electron chi connectivity index (χ3n) is 4.17. The zero-order chi connectivity index (χ0) is 12.9. The minimum absolute atomic E-state index is 0.0780. The first-order valence-corrected chi connectivity index (χ1v) is 7.11. The molecular formula is C14H29NO2. The molecule has 1 unspecified atom stereocenters. The number of aliphatic hydroxyl groups is 1. The summed E-state index contributed by atoms with van der Waals surface area (Å²) in [6.07, 6.45) is 4.32. The fraction of sp³-hybridized carbons (Fsp3) is 1.00. The highest BCUT2D eigenvalue weighted by Gasteiger charge is 2.41. The van der Waals surface area contributed by atoms with E-state index in [2.05, 4.69) is 18.7 Å². The summed E-state index contributed by atoms with van der Waals surface area (Å²) in [6, 6.07) is 0. The molecule has 0 aromatic heterocycles. The monoisotopic (exact) mass is 243 g/mol. The lowest BCUT2D eigenvalue weighted by Gasteiger charge is -2.44. The van der Waals surface area contributed by atoms with Gasteiger partial charge in [0.15, 0.2) is 0 Å². The van der Waals surface area contributed by atoms with Crippen molar-refractivity contribution in [1.82, 2.24) is 4.90 Å². The molecular weight excluding hydrogens is 214 g/mol. The van der Waals surface area contributed by atoms with Gasteiger partial charge in [-0.05, 0) is 52.6 Å². The van der Waals surface area contributed by atoms with Gasteiger partial charge in [-0.15, -0.1) is 0 Å². The molecule has 0 amide bonds. The van der Waals surface area contributed by atoms with E-state index in [-0.39, 0.29) is 17.7 Å². The largest absolute Gasteiger partial charge is 0.389 e. The maximum absolute atomic E-state index is 10.5. The number of nitrogens with zero attached hydrogens (tertiary/aromatic N) is 1. The van der Waals surface area contributed by atoms with Gasteiger partial charge < -0.3 is 9.84 Å². The molecule has 1 aliphatic heterocycles. The Labute approximate surface area is 106 Å². The summed E-state index contributed by atoms with van der Waals surface area (Å²) in [7, 11) is 0. The summed E-state index contributed by atoms with van der Waals surface area (Å²) in [5.41, 5.74) is -0.0780. The molecule has 1 fully saturated rings. The molecule has 1 rings (SSSR count). The van der Waals surface area contributed by atoms with Crippen molar-refractivity contribution in [3.8, 4) is 0 Å². The van der Waals surface area contributed by atoms with E-state index in [1.807, 2.05) is 13.8 Å². The molecule has 0 bridgehead atoms. The van der Waals surface area contributed by atoms with E-state index in [1.165, 1.54) is 12.8 Å². The highest BCUT2D eigenvalue weighted by molar-refractivity contribution is 4.96. The molecule has 0 radical (unpaired) electrons. The summed E-state index contributed by atoms with van der Waals surface area (Å²) in [4.78, 5) is 2.47. The smallest absolute Gasteiger partial charge is 0.0956 e. The predicted molar refractivity (Wildman–Crippen MR) is 71.2 cm³/mol. The van der Waals surface area contributed by atoms with Crippen LogP contribution in [0, 0.1) is 0 Å². The standard InChI is InChI=1S/C14H29NO2/c1-5-14(6-2,15-9-7-8-10-15)13(16)11-17-12(3)4/h12-13,16H,5-11H2,1-4H3. The van der Waals surface area contributed by atoms with Crippen LogP contribution in [0.1, 0.15) is 53.4 Å². The van der Waals surface area contributed by atoms with Gasteiger partial charge in [0.05, 0.1) is 18.8 Å². The third kappa shape index (κ3) is 3.43. The number of hydrogen-bond donors (Lipinski definition) is 1. The Hall–Kier alpha value is -0.120. The Bertz CT molecular complexity index is 208. The topological polar surface area (TPSA) is 32.7 Å². The number of ether oxygens (including phenoxy) is 1. The SMILES string of the molecule is CCC(CC)(C(O)COC(C)C)N1CCCC1. The van der Waals surface area contributed by atoms with Crippen molar-refractivity contribution in [2.24, 2.45) is 0 Å². The van der Waals surface area contributed by atoms with Crippen molar-refractivity contribution < 1.29 is 9.84 Å². The highest BCUT2D eigenvalue weighted by Crippen LogP contribution is 2.31. The van der Waals surface area contributed by atoms with Gasteiger partial charge in [0.1, 0.15) is 0 Å². The van der Waals surface area contributed by atoms with E-state index in [4.69, 9.17) is 4.74 Å². The maximum Gasteiger partial charge on any atom is 0.0956 e. The van der Waals surface area contributed by atoms with Gasteiger partial charge in [-0.25, -0.2) is 0 Å². The molecule has 17 heavy (non-hydrogen) atoms. The van der Waals surface area contributed by atoms with Crippen LogP contribution in [0.4, 0.5) is 0 Å². The summed E-state index contributed by atoms with van der Waals surface area (Å²) in [6.45, 7) is 11.1. The number of rotatable bonds is 7. The zero-order valence-corrected chi connectivity index (χ0v) is 11.9. The molecule has 0 saturated carbocycles. The van der Waals surface area contributed by atoms with Crippen molar-refractivity contribution in [3.63, 3.8) is 0 Å². The Kier molecular flexibility index (Phi) is 5.90. The number of hydrogen-bond acceptors (Lipinski definition) is 3. The van der Waals surface area contributed by atoms with Gasteiger partial charge in [0.25, 0.3) is 0 Å². The third-order valence-corrected chi connectivity index (χ3v) is 4.17. The molecule has 1 aliphatic rings. The van der Waals surface area contributed by atoms with Crippen LogP contribution in [-0.4, -0.2) is 47.4 Å². The first-order valence-electron chi connectivity index (χ1n) is 7.11. The van der Waals surface area contributed by atoms with Gasteiger partial charge in [-0.2, -0.15) is 0 Å². The molecule has 3 nitrogen and oxygen atoms in total. The second kappa shape index (κ2) is 6.72. The average Bonchev–Trinajstić information content (AvgIpc) is 2.83. The van der Waals surface area contributed by atoms with E-state index in [0.717, 1.165) is 25.9 Å². The lowest BCUT2D eigenvalue weighted by Crippen LogP contribution is -2.56. The predicted octanol–water partition coefficient (Wildman–Crippen LogP) is 2.43. The van der Waals surface area contributed by atoms with Gasteiger partial charge >= 0.3 is 0 Å². The molecule has 0 spiro atoms. The molecule has 3 heteroatoms. The Morgan fingerprint density at radius 2 is 1.71 bits per heavy atom. The van der Waals surface area contributed by atoms with Crippen LogP contribution in [-0.2, 0) is 4.74 Å². The number of likely N-dealkylation sites (tertiary alicyclic amines) is 1. The summed E-state index contributed by atoms with van der Waals surface area (Å²) in [5, 5.41) is 10.5. The molecule has 0 aliphatic carbocycles. The first-order chi connectivity index (χ1) is 8.06. The van der Waals surface area contributed by atoms with Gasteiger partial charge in [-0.1, -0.05) is 13.8 Å². The lowest BCUT2D eigenvalue weighted by molar-refractivity contribution is -0.0815. The van der Waals surface area contributed by atoms with E-state index >= 15 is 0 Å². The number of aliphatic hydroxyl groups excluding tert-OH is 1. The molecule has 1 heterocycles. The van der Waals surface area contributed by atoms with Crippen LogP contribution in [0.15, 0.2) is 0 Å². The lowest BCUT2D eigenvalue weighted by atomic mass is 9.85. The molecule has 1 saturated heterocycles. The minimum atomic E-state index is -0.377. The van der Waals surface area contributed by atoms with E-state index < -0.39 is 0 Å². The Morgan fingerprint density at radius 1 is 1.18 bits per heavy atom. The van der Waals surface area contributed by atoms with Gasteiger partial charge in [0, 0.05) is 5.54 Å². The van der Waals surface area contributed by atoms with Crippen LogP contribution >= 0.6 is 0 Å². The molecule has 1 N–H and O–H groups in total. The van der Waals surface area contributed by atoms with Crippen molar-refractivity contribution in [3.05, 3.63) is 0 Å². The van der Waals surface area contributed by atoms with Crippen molar-refractivity contribution in [1.29, 1.82) is 0 Å². The Morgan fingerprint density at radius 3 is 2.12 bits per heavy atom. The quantitative estimate of drug-likeness (QED) is 0.745. The van der Waals surface area contributed by atoms with Crippen molar-refractivity contribution >= 4 is 0 Å². The van der Waals surface area contributed by atoms with E-state index in [0.29, 0.717) is 6.61 Å². The highest BCUT2D eigenvalue weighted by atomic mass is 16.5. The van der Waals surface area contributed by atoms with Crippen LogP contribution in [0.2, 0.25) is 0 Å².